The van der Waals surface area contributed by atoms with Crippen LogP contribution in [0, 0.1) is 0 Å². The average molecular weight is 151 g/mol. The van der Waals surface area contributed by atoms with Crippen LogP contribution in [-0.2, 0) is 4.79 Å². The Morgan fingerprint density at radius 1 is 1.67 bits per heavy atom. The average Bonchev–Trinajstić information content (AvgIpc) is 1.65. The summed E-state index contributed by atoms with van der Waals surface area (Å²) in [6, 6.07) is 0. The Hall–Kier alpha value is -0.500. The summed E-state index contributed by atoms with van der Waals surface area (Å²) in [4.78, 5) is 9.89. The van der Waals surface area contributed by atoms with Crippen molar-refractivity contribution < 1.29 is 9.90 Å². The Balaban J connectivity index is 0. The van der Waals surface area contributed by atoms with Gasteiger partial charge in [0.15, 0.2) is 0 Å². The molecule has 0 rings (SSSR count). The van der Waals surface area contributed by atoms with Crippen molar-refractivity contribution in [2.75, 3.05) is 0 Å². The third kappa shape index (κ3) is 7.50. The molecule has 0 aromatic rings. The molecule has 0 atom stereocenters. The number of allylic oxidation sites excluding steroid dienone is 1. The predicted molar refractivity (Wildman–Crippen MR) is 38.9 cm³/mol. The maximum absolute atomic E-state index is 9.89. The monoisotopic (exact) mass is 150 g/mol. The molecule has 0 aliphatic heterocycles. The highest BCUT2D eigenvalue weighted by Crippen LogP contribution is 1.95. The van der Waals surface area contributed by atoms with Crippen molar-refractivity contribution in [2.45, 2.75) is 20.3 Å². The van der Waals surface area contributed by atoms with Crippen molar-refractivity contribution in [2.24, 2.45) is 0 Å². The second kappa shape index (κ2) is 5.63. The van der Waals surface area contributed by atoms with E-state index in [2.05, 4.69) is 0 Å². The van der Waals surface area contributed by atoms with Gasteiger partial charge in [-0.3, -0.25) is 0 Å². The molecule has 2 nitrogen and oxygen atoms in total. The molecule has 3 heteroatoms. The van der Waals surface area contributed by atoms with Crippen LogP contribution in [0.2, 0.25) is 0 Å². The van der Waals surface area contributed by atoms with Crippen molar-refractivity contribution in [3.8, 4) is 0 Å². The number of hydrogen-bond acceptors (Lipinski definition) is 1. The summed E-state index contributed by atoms with van der Waals surface area (Å²) in [5.41, 5.74) is 0.900. The van der Waals surface area contributed by atoms with Crippen LogP contribution in [0.4, 0.5) is 0 Å². The lowest BCUT2D eigenvalue weighted by Crippen LogP contribution is -1.88. The summed E-state index contributed by atoms with van der Waals surface area (Å²) in [5, 5.41) is 8.14. The topological polar surface area (TPSA) is 37.3 Å². The molecule has 0 bridgehead atoms. The Bertz CT molecular complexity index is 118. The smallest absolute Gasteiger partial charge is 0.328 e. The van der Waals surface area contributed by atoms with Gasteiger partial charge < -0.3 is 5.11 Å². The van der Waals surface area contributed by atoms with E-state index in [-0.39, 0.29) is 12.4 Å². The minimum atomic E-state index is -0.857. The fraction of sp³-hybridized carbons (Fsp3) is 0.500. The maximum atomic E-state index is 9.89. The highest BCUT2D eigenvalue weighted by Gasteiger charge is 1.88. The minimum absolute atomic E-state index is 0. The number of carboxylic acids is 1. The number of carboxylic acid groups (broad SMARTS) is 1. The molecule has 0 radical (unpaired) electrons. The molecule has 9 heavy (non-hydrogen) atoms. The van der Waals surface area contributed by atoms with Crippen LogP contribution in [0.25, 0.3) is 0 Å². The van der Waals surface area contributed by atoms with Crippen molar-refractivity contribution in [1.29, 1.82) is 0 Å². The largest absolute Gasteiger partial charge is 0.478 e. The second-order valence-electron chi connectivity index (χ2n) is 1.68. The molecule has 0 saturated carbocycles. The fourth-order valence-corrected chi connectivity index (χ4v) is 0.313. The second-order valence-corrected chi connectivity index (χ2v) is 1.68. The zero-order valence-electron chi connectivity index (χ0n) is 5.55. The third-order valence-corrected chi connectivity index (χ3v) is 0.928. The first kappa shape index (κ1) is 11.3. The number of halogens is 1. The van der Waals surface area contributed by atoms with Gasteiger partial charge in [0.2, 0.25) is 0 Å². The van der Waals surface area contributed by atoms with Crippen LogP contribution < -0.4 is 0 Å². The van der Waals surface area contributed by atoms with E-state index in [9.17, 15) is 4.79 Å². The molecule has 0 heterocycles. The molecular formula is C6H11ClO2. The van der Waals surface area contributed by atoms with Gasteiger partial charge in [0, 0.05) is 6.08 Å². The number of hydrogen-bond donors (Lipinski definition) is 1. The molecule has 0 fully saturated rings. The Labute approximate surface area is 61.0 Å². The maximum Gasteiger partial charge on any atom is 0.328 e. The normalized spacial score (nSPS) is 10.2. The first-order valence-corrected chi connectivity index (χ1v) is 2.57. The zero-order valence-corrected chi connectivity index (χ0v) is 6.36. The fourth-order valence-electron chi connectivity index (χ4n) is 0.313. The summed E-state index contributed by atoms with van der Waals surface area (Å²) in [5.74, 6) is -0.857. The van der Waals surface area contributed by atoms with Gasteiger partial charge in [0.1, 0.15) is 0 Å². The van der Waals surface area contributed by atoms with Crippen LogP contribution in [0.1, 0.15) is 20.3 Å². The van der Waals surface area contributed by atoms with Crippen LogP contribution in [0.15, 0.2) is 11.6 Å². The Morgan fingerprint density at radius 3 is 2.22 bits per heavy atom. The molecular weight excluding hydrogens is 140 g/mol. The lowest BCUT2D eigenvalue weighted by atomic mass is 10.2. The first-order chi connectivity index (χ1) is 3.66. The van der Waals surface area contributed by atoms with E-state index < -0.39 is 5.97 Å². The summed E-state index contributed by atoms with van der Waals surface area (Å²) in [6.07, 6.45) is 2.03. The van der Waals surface area contributed by atoms with Crippen LogP contribution in [0.5, 0.6) is 0 Å². The predicted octanol–water partition coefficient (Wildman–Crippen LogP) is 1.85. The van der Waals surface area contributed by atoms with Gasteiger partial charge in [-0.05, 0) is 13.3 Å². The molecule has 54 valence electrons. The number of aliphatic carboxylic acids is 1. The highest BCUT2D eigenvalue weighted by atomic mass is 35.5. The molecule has 0 aromatic carbocycles. The van der Waals surface area contributed by atoms with Gasteiger partial charge >= 0.3 is 5.97 Å². The van der Waals surface area contributed by atoms with E-state index in [4.69, 9.17) is 5.11 Å². The molecule has 0 saturated heterocycles. The molecule has 0 unspecified atom stereocenters. The van der Waals surface area contributed by atoms with Gasteiger partial charge in [-0.25, -0.2) is 4.79 Å². The van der Waals surface area contributed by atoms with Gasteiger partial charge in [-0.1, -0.05) is 12.5 Å². The summed E-state index contributed by atoms with van der Waals surface area (Å²) in [7, 11) is 0. The van der Waals surface area contributed by atoms with E-state index in [1.54, 1.807) is 6.92 Å². The van der Waals surface area contributed by atoms with E-state index in [0.29, 0.717) is 0 Å². The van der Waals surface area contributed by atoms with E-state index >= 15 is 0 Å². The number of rotatable bonds is 2. The highest BCUT2D eigenvalue weighted by molar-refractivity contribution is 5.85. The van der Waals surface area contributed by atoms with Crippen molar-refractivity contribution >= 4 is 18.4 Å². The summed E-state index contributed by atoms with van der Waals surface area (Å²) < 4.78 is 0. The molecule has 0 aliphatic carbocycles. The van der Waals surface area contributed by atoms with Crippen LogP contribution in [-0.4, -0.2) is 11.1 Å². The third-order valence-electron chi connectivity index (χ3n) is 0.928. The minimum Gasteiger partial charge on any atom is -0.478 e. The molecule has 0 aliphatic rings. The zero-order chi connectivity index (χ0) is 6.57. The standard InChI is InChI=1S/C6H10O2.ClH/c1-3-5(2)4-6(7)8;/h4H,3H2,1-2H3,(H,7,8);1H. The van der Waals surface area contributed by atoms with Gasteiger partial charge in [-0.15, -0.1) is 12.4 Å². The summed E-state index contributed by atoms with van der Waals surface area (Å²) >= 11 is 0. The number of carbonyl (C=O) groups is 1. The molecule has 0 spiro atoms. The van der Waals surface area contributed by atoms with Crippen molar-refractivity contribution in [3.05, 3.63) is 11.6 Å². The quantitative estimate of drug-likeness (QED) is 0.610. The van der Waals surface area contributed by atoms with E-state index in [1.807, 2.05) is 6.92 Å². The van der Waals surface area contributed by atoms with Crippen LogP contribution >= 0.6 is 12.4 Å². The first-order valence-electron chi connectivity index (χ1n) is 2.57. The Kier molecular flexibility index (Phi) is 7.08. The lowest BCUT2D eigenvalue weighted by Gasteiger charge is -1.87. The molecule has 0 aromatic heterocycles. The van der Waals surface area contributed by atoms with E-state index in [0.717, 1.165) is 12.0 Å². The lowest BCUT2D eigenvalue weighted by molar-refractivity contribution is -0.131. The van der Waals surface area contributed by atoms with E-state index in [1.165, 1.54) is 6.08 Å². The van der Waals surface area contributed by atoms with Crippen molar-refractivity contribution in [3.63, 3.8) is 0 Å². The Morgan fingerprint density at radius 2 is 2.11 bits per heavy atom. The molecule has 0 amide bonds. The van der Waals surface area contributed by atoms with Gasteiger partial charge in [0.05, 0.1) is 0 Å². The van der Waals surface area contributed by atoms with Gasteiger partial charge in [0.25, 0.3) is 0 Å². The summed E-state index contributed by atoms with van der Waals surface area (Å²) in [6.45, 7) is 3.73. The van der Waals surface area contributed by atoms with Gasteiger partial charge in [-0.2, -0.15) is 0 Å². The van der Waals surface area contributed by atoms with Crippen LogP contribution in [0.3, 0.4) is 0 Å². The van der Waals surface area contributed by atoms with Crippen molar-refractivity contribution in [1.82, 2.24) is 0 Å². The SMILES string of the molecule is CCC(C)=CC(=O)O.Cl. The molecule has 1 N–H and O–H groups in total.